The Hall–Kier alpha value is -1.65. The third kappa shape index (κ3) is 3.34. The third-order valence-corrected chi connectivity index (χ3v) is 4.54. The SMILES string of the molecule is CC(C(=O)NC1CCCCC1)n1nc(C2CC2)ccc1=O. The van der Waals surface area contributed by atoms with E-state index in [0.29, 0.717) is 5.92 Å². The highest BCUT2D eigenvalue weighted by Gasteiger charge is 2.27. The Balaban J connectivity index is 1.71. The van der Waals surface area contributed by atoms with Crippen LogP contribution in [0.25, 0.3) is 0 Å². The molecule has 2 fully saturated rings. The van der Waals surface area contributed by atoms with Gasteiger partial charge in [-0.3, -0.25) is 9.59 Å². The minimum Gasteiger partial charge on any atom is -0.352 e. The Labute approximate surface area is 124 Å². The molecule has 1 unspecified atom stereocenters. The zero-order chi connectivity index (χ0) is 14.8. The number of nitrogens with zero attached hydrogens (tertiary/aromatic N) is 2. The fourth-order valence-electron chi connectivity index (χ4n) is 2.99. The summed E-state index contributed by atoms with van der Waals surface area (Å²) in [5, 5.41) is 7.46. The van der Waals surface area contributed by atoms with Gasteiger partial charge in [0.1, 0.15) is 6.04 Å². The van der Waals surface area contributed by atoms with E-state index < -0.39 is 6.04 Å². The summed E-state index contributed by atoms with van der Waals surface area (Å²) in [7, 11) is 0. The molecular weight excluding hydrogens is 266 g/mol. The van der Waals surface area contributed by atoms with Crippen molar-refractivity contribution in [2.75, 3.05) is 0 Å². The normalized spacial score (nSPS) is 21.0. The van der Waals surface area contributed by atoms with Gasteiger partial charge in [-0.05, 0) is 38.7 Å². The predicted octanol–water partition coefficient (Wildman–Crippen LogP) is 2.13. The van der Waals surface area contributed by atoms with Crippen molar-refractivity contribution in [3.63, 3.8) is 0 Å². The summed E-state index contributed by atoms with van der Waals surface area (Å²) in [6.45, 7) is 1.75. The first-order valence-electron chi connectivity index (χ1n) is 8.05. The maximum Gasteiger partial charge on any atom is 0.267 e. The first kappa shape index (κ1) is 14.3. The number of carbonyl (C=O) groups excluding carboxylic acids is 1. The van der Waals surface area contributed by atoms with Crippen molar-refractivity contribution < 1.29 is 4.79 Å². The second-order valence-electron chi connectivity index (χ2n) is 6.33. The molecule has 2 aliphatic rings. The molecule has 0 spiro atoms. The monoisotopic (exact) mass is 289 g/mol. The zero-order valence-electron chi connectivity index (χ0n) is 12.5. The molecule has 0 saturated heterocycles. The summed E-state index contributed by atoms with van der Waals surface area (Å²) >= 11 is 0. The van der Waals surface area contributed by atoms with Crippen LogP contribution in [-0.2, 0) is 4.79 Å². The minimum atomic E-state index is -0.543. The van der Waals surface area contributed by atoms with Crippen molar-refractivity contribution in [1.82, 2.24) is 15.1 Å². The van der Waals surface area contributed by atoms with Gasteiger partial charge in [0.05, 0.1) is 5.69 Å². The van der Waals surface area contributed by atoms with E-state index in [0.717, 1.165) is 31.4 Å². The van der Waals surface area contributed by atoms with Gasteiger partial charge in [-0.1, -0.05) is 19.3 Å². The average Bonchev–Trinajstić information content (AvgIpc) is 3.33. The van der Waals surface area contributed by atoms with Gasteiger partial charge in [0.25, 0.3) is 5.56 Å². The minimum absolute atomic E-state index is 0.0931. The third-order valence-electron chi connectivity index (χ3n) is 4.54. The van der Waals surface area contributed by atoms with E-state index in [1.165, 1.54) is 30.0 Å². The molecule has 1 amide bonds. The van der Waals surface area contributed by atoms with E-state index in [9.17, 15) is 9.59 Å². The first-order chi connectivity index (χ1) is 10.1. The van der Waals surface area contributed by atoms with Crippen LogP contribution in [0.3, 0.4) is 0 Å². The van der Waals surface area contributed by atoms with Gasteiger partial charge >= 0.3 is 0 Å². The molecule has 0 radical (unpaired) electrons. The Morgan fingerprint density at radius 1 is 1.24 bits per heavy atom. The molecule has 0 bridgehead atoms. The van der Waals surface area contributed by atoms with Crippen molar-refractivity contribution in [3.05, 3.63) is 28.2 Å². The zero-order valence-corrected chi connectivity index (χ0v) is 12.5. The first-order valence-corrected chi connectivity index (χ1v) is 8.05. The molecular formula is C16H23N3O2. The molecule has 1 atom stereocenters. The summed E-state index contributed by atoms with van der Waals surface area (Å²) in [5.74, 6) is 0.384. The maximum absolute atomic E-state index is 12.3. The lowest BCUT2D eigenvalue weighted by Crippen LogP contribution is -2.42. The molecule has 2 aliphatic carbocycles. The number of nitrogens with one attached hydrogen (secondary N) is 1. The second-order valence-corrected chi connectivity index (χ2v) is 6.33. The second kappa shape index (κ2) is 6.00. The van der Waals surface area contributed by atoms with Crippen LogP contribution in [0.1, 0.15) is 69.5 Å². The maximum atomic E-state index is 12.3. The highest BCUT2D eigenvalue weighted by atomic mass is 16.2. The number of carbonyl (C=O) groups is 1. The lowest BCUT2D eigenvalue weighted by atomic mass is 9.95. The lowest BCUT2D eigenvalue weighted by Gasteiger charge is -2.24. The predicted molar refractivity (Wildman–Crippen MR) is 80.2 cm³/mol. The molecule has 3 rings (SSSR count). The number of aromatic nitrogens is 2. The van der Waals surface area contributed by atoms with Crippen LogP contribution < -0.4 is 10.9 Å². The van der Waals surface area contributed by atoms with Crippen LogP contribution in [-0.4, -0.2) is 21.7 Å². The topological polar surface area (TPSA) is 64.0 Å². The number of hydrogen-bond acceptors (Lipinski definition) is 3. The van der Waals surface area contributed by atoms with Gasteiger partial charge in [0.2, 0.25) is 5.91 Å². The van der Waals surface area contributed by atoms with Gasteiger partial charge in [-0.15, -0.1) is 0 Å². The Kier molecular flexibility index (Phi) is 4.08. The standard InChI is InChI=1S/C16H23N3O2/c1-11(16(21)17-13-5-3-2-4-6-13)19-15(20)10-9-14(18-19)12-7-8-12/h9-13H,2-8H2,1H3,(H,17,21). The fraction of sp³-hybridized carbons (Fsp3) is 0.688. The van der Waals surface area contributed by atoms with E-state index in [-0.39, 0.29) is 17.5 Å². The number of rotatable bonds is 4. The van der Waals surface area contributed by atoms with Crippen molar-refractivity contribution in [1.29, 1.82) is 0 Å². The van der Waals surface area contributed by atoms with Gasteiger partial charge < -0.3 is 5.32 Å². The largest absolute Gasteiger partial charge is 0.352 e. The highest BCUT2D eigenvalue weighted by molar-refractivity contribution is 5.80. The fourth-order valence-corrected chi connectivity index (χ4v) is 2.99. The quantitative estimate of drug-likeness (QED) is 0.923. The lowest BCUT2D eigenvalue weighted by molar-refractivity contribution is -0.125. The Morgan fingerprint density at radius 2 is 1.95 bits per heavy atom. The Morgan fingerprint density at radius 3 is 2.62 bits per heavy atom. The van der Waals surface area contributed by atoms with E-state index in [2.05, 4.69) is 10.4 Å². The molecule has 0 aromatic carbocycles. The van der Waals surface area contributed by atoms with Crippen LogP contribution in [0.4, 0.5) is 0 Å². The molecule has 21 heavy (non-hydrogen) atoms. The molecule has 1 N–H and O–H groups in total. The molecule has 0 aliphatic heterocycles. The van der Waals surface area contributed by atoms with Crippen LogP contribution in [0.5, 0.6) is 0 Å². The average molecular weight is 289 g/mol. The smallest absolute Gasteiger partial charge is 0.267 e. The van der Waals surface area contributed by atoms with E-state index in [4.69, 9.17) is 0 Å². The number of amides is 1. The molecule has 5 heteroatoms. The summed E-state index contributed by atoms with van der Waals surface area (Å²) in [4.78, 5) is 24.3. The van der Waals surface area contributed by atoms with E-state index >= 15 is 0 Å². The molecule has 1 aromatic heterocycles. The van der Waals surface area contributed by atoms with Crippen molar-refractivity contribution >= 4 is 5.91 Å². The molecule has 114 valence electrons. The van der Waals surface area contributed by atoms with Crippen molar-refractivity contribution in [2.45, 2.75) is 69.9 Å². The summed E-state index contributed by atoms with van der Waals surface area (Å²) < 4.78 is 1.34. The Bertz CT molecular complexity index is 571. The van der Waals surface area contributed by atoms with Crippen LogP contribution in [0, 0.1) is 0 Å². The van der Waals surface area contributed by atoms with Gasteiger partial charge in [-0.2, -0.15) is 5.10 Å². The molecule has 2 saturated carbocycles. The van der Waals surface area contributed by atoms with E-state index in [1.54, 1.807) is 13.0 Å². The van der Waals surface area contributed by atoms with Gasteiger partial charge in [0, 0.05) is 18.0 Å². The molecule has 1 aromatic rings. The molecule has 1 heterocycles. The van der Waals surface area contributed by atoms with Gasteiger partial charge in [-0.25, -0.2) is 4.68 Å². The van der Waals surface area contributed by atoms with Gasteiger partial charge in [0.15, 0.2) is 0 Å². The highest BCUT2D eigenvalue weighted by Crippen LogP contribution is 2.38. The summed E-state index contributed by atoms with van der Waals surface area (Å²) in [6, 6.07) is 3.04. The van der Waals surface area contributed by atoms with Crippen molar-refractivity contribution in [2.24, 2.45) is 0 Å². The summed E-state index contributed by atoms with van der Waals surface area (Å²) in [6.07, 6.45) is 7.96. The summed E-state index contributed by atoms with van der Waals surface area (Å²) in [5.41, 5.74) is 0.734. The van der Waals surface area contributed by atoms with Crippen LogP contribution >= 0.6 is 0 Å². The molecule has 5 nitrogen and oxygen atoms in total. The van der Waals surface area contributed by atoms with E-state index in [1.807, 2.05) is 0 Å². The number of hydrogen-bond donors (Lipinski definition) is 1. The van der Waals surface area contributed by atoms with Crippen LogP contribution in [0.15, 0.2) is 16.9 Å². The van der Waals surface area contributed by atoms with Crippen LogP contribution in [0.2, 0.25) is 0 Å². The van der Waals surface area contributed by atoms with Crippen molar-refractivity contribution in [3.8, 4) is 0 Å².